The number of hydrazine groups is 1. The van der Waals surface area contributed by atoms with Gasteiger partial charge in [-0.2, -0.15) is 0 Å². The number of rotatable bonds is 3. The van der Waals surface area contributed by atoms with Gasteiger partial charge in [0, 0.05) is 19.0 Å². The first-order valence-electron chi connectivity index (χ1n) is 5.51. The molecule has 0 aromatic carbocycles. The van der Waals surface area contributed by atoms with E-state index in [0.717, 1.165) is 24.5 Å². The van der Waals surface area contributed by atoms with Gasteiger partial charge in [-0.15, -0.1) is 0 Å². The van der Waals surface area contributed by atoms with Crippen LogP contribution in [0.4, 0.5) is 11.6 Å². The third kappa shape index (κ3) is 1.90. The summed E-state index contributed by atoms with van der Waals surface area (Å²) in [5.41, 5.74) is 3.33. The van der Waals surface area contributed by atoms with Crippen LogP contribution in [0.1, 0.15) is 6.42 Å². The Morgan fingerprint density at radius 3 is 3.24 bits per heavy atom. The van der Waals surface area contributed by atoms with Crippen molar-refractivity contribution in [1.29, 1.82) is 0 Å². The fraction of sp³-hybridized carbons (Fsp3) is 0.400. The van der Waals surface area contributed by atoms with Gasteiger partial charge in [0.1, 0.15) is 0 Å². The highest BCUT2D eigenvalue weighted by molar-refractivity contribution is 5.65. The zero-order valence-corrected chi connectivity index (χ0v) is 9.26. The lowest BCUT2D eigenvalue weighted by Crippen LogP contribution is -2.21. The van der Waals surface area contributed by atoms with Crippen LogP contribution in [0.5, 0.6) is 0 Å². The smallest absolute Gasteiger partial charge is 0.180 e. The second-order valence-electron chi connectivity index (χ2n) is 3.98. The molecule has 0 spiro atoms. The Morgan fingerprint density at radius 1 is 1.53 bits per heavy atom. The Balaban J connectivity index is 1.97. The van der Waals surface area contributed by atoms with E-state index in [0.29, 0.717) is 12.4 Å². The maximum Gasteiger partial charge on any atom is 0.180 e. The number of hydrogen-bond acceptors (Lipinski definition) is 6. The van der Waals surface area contributed by atoms with Gasteiger partial charge >= 0.3 is 0 Å². The molecule has 0 aliphatic carbocycles. The molecule has 1 aliphatic rings. The van der Waals surface area contributed by atoms with Gasteiger partial charge in [-0.25, -0.2) is 15.8 Å². The molecule has 90 valence electrons. The van der Waals surface area contributed by atoms with Gasteiger partial charge in [-0.3, -0.25) is 0 Å². The van der Waals surface area contributed by atoms with Gasteiger partial charge < -0.3 is 19.9 Å². The lowest BCUT2D eigenvalue weighted by molar-refractivity contribution is 0.195. The number of nitrogen functional groups attached to an aromatic ring is 1. The van der Waals surface area contributed by atoms with Crippen molar-refractivity contribution in [1.82, 2.24) is 14.4 Å². The number of nitrogens with one attached hydrogen (secondary N) is 2. The van der Waals surface area contributed by atoms with E-state index < -0.39 is 0 Å². The Labute approximate surface area is 98.0 Å². The molecule has 0 amide bonds. The van der Waals surface area contributed by atoms with Gasteiger partial charge in [-0.05, 0) is 6.42 Å². The van der Waals surface area contributed by atoms with Crippen LogP contribution in [0.25, 0.3) is 5.65 Å². The molecule has 4 N–H and O–H groups in total. The van der Waals surface area contributed by atoms with Crippen molar-refractivity contribution in [3.8, 4) is 0 Å². The molecule has 2 aromatic rings. The van der Waals surface area contributed by atoms with Crippen molar-refractivity contribution in [3.63, 3.8) is 0 Å². The maximum atomic E-state index is 5.39. The lowest BCUT2D eigenvalue weighted by Gasteiger charge is -2.13. The van der Waals surface area contributed by atoms with E-state index in [9.17, 15) is 0 Å². The van der Waals surface area contributed by atoms with Crippen molar-refractivity contribution in [2.75, 3.05) is 24.0 Å². The van der Waals surface area contributed by atoms with Crippen LogP contribution < -0.4 is 16.6 Å². The van der Waals surface area contributed by atoms with Crippen LogP contribution in [-0.4, -0.2) is 33.6 Å². The second kappa shape index (κ2) is 4.19. The Morgan fingerprint density at radius 2 is 2.47 bits per heavy atom. The van der Waals surface area contributed by atoms with Crippen molar-refractivity contribution in [2.24, 2.45) is 5.84 Å². The second-order valence-corrected chi connectivity index (χ2v) is 3.98. The number of anilines is 2. The van der Waals surface area contributed by atoms with Crippen molar-refractivity contribution in [2.45, 2.75) is 12.5 Å². The van der Waals surface area contributed by atoms with Crippen LogP contribution in [0.15, 0.2) is 18.6 Å². The van der Waals surface area contributed by atoms with Crippen molar-refractivity contribution in [3.05, 3.63) is 18.6 Å². The van der Waals surface area contributed by atoms with Crippen LogP contribution in [0.3, 0.4) is 0 Å². The summed E-state index contributed by atoms with van der Waals surface area (Å²) in [5.74, 6) is 6.71. The fourth-order valence-corrected chi connectivity index (χ4v) is 1.94. The van der Waals surface area contributed by atoms with Gasteiger partial charge in [-0.1, -0.05) is 0 Å². The Kier molecular flexibility index (Phi) is 2.54. The van der Waals surface area contributed by atoms with Crippen LogP contribution in [0, 0.1) is 0 Å². The summed E-state index contributed by atoms with van der Waals surface area (Å²) in [6.07, 6.45) is 6.36. The molecule has 3 rings (SSSR count). The molecule has 1 fully saturated rings. The number of nitrogens with zero attached hydrogens (tertiary/aromatic N) is 3. The quantitative estimate of drug-likeness (QED) is 0.520. The minimum absolute atomic E-state index is 0.288. The SMILES string of the molecule is NNc1cn2ccnc2c(NC2CCOC2)n1. The van der Waals surface area contributed by atoms with E-state index in [1.165, 1.54) is 0 Å². The molecule has 1 atom stereocenters. The van der Waals surface area contributed by atoms with Crippen LogP contribution >= 0.6 is 0 Å². The standard InChI is InChI=1S/C10H14N6O/c11-15-8-5-16-3-2-12-10(16)9(14-8)13-7-1-4-17-6-7/h2-3,5,7,15H,1,4,6,11H2,(H,13,14). The molecule has 7 heteroatoms. The highest BCUT2D eigenvalue weighted by atomic mass is 16.5. The monoisotopic (exact) mass is 234 g/mol. The highest BCUT2D eigenvalue weighted by Crippen LogP contribution is 2.18. The molecular formula is C10H14N6O. The van der Waals surface area contributed by atoms with E-state index in [2.05, 4.69) is 20.7 Å². The number of ether oxygens (including phenoxy) is 1. The molecule has 0 radical (unpaired) electrons. The highest BCUT2D eigenvalue weighted by Gasteiger charge is 2.17. The first kappa shape index (κ1) is 10.3. The molecular weight excluding hydrogens is 220 g/mol. The van der Waals surface area contributed by atoms with Crippen molar-refractivity contribution < 1.29 is 4.74 Å². The van der Waals surface area contributed by atoms with Gasteiger partial charge in [0.2, 0.25) is 0 Å². The molecule has 0 saturated carbocycles. The predicted octanol–water partition coefficient (Wildman–Crippen LogP) is 0.216. The Hall–Kier alpha value is -1.86. The number of aromatic nitrogens is 3. The van der Waals surface area contributed by atoms with Gasteiger partial charge in [0.15, 0.2) is 17.3 Å². The summed E-state index contributed by atoms with van der Waals surface area (Å²) in [7, 11) is 0. The summed E-state index contributed by atoms with van der Waals surface area (Å²) < 4.78 is 7.20. The fourth-order valence-electron chi connectivity index (χ4n) is 1.94. The van der Waals surface area contributed by atoms with E-state index in [1.807, 2.05) is 10.6 Å². The summed E-state index contributed by atoms with van der Waals surface area (Å²) >= 11 is 0. The summed E-state index contributed by atoms with van der Waals surface area (Å²) in [6.45, 7) is 1.49. The average Bonchev–Trinajstić information content (AvgIpc) is 2.98. The minimum Gasteiger partial charge on any atom is -0.379 e. The van der Waals surface area contributed by atoms with Gasteiger partial charge in [0.25, 0.3) is 0 Å². The summed E-state index contributed by atoms with van der Waals surface area (Å²) in [5, 5.41) is 3.33. The predicted molar refractivity (Wildman–Crippen MR) is 63.6 cm³/mol. The third-order valence-corrected chi connectivity index (χ3v) is 2.79. The number of hydrogen-bond donors (Lipinski definition) is 3. The minimum atomic E-state index is 0.288. The Bertz CT molecular complexity index is 518. The first-order chi connectivity index (χ1) is 8.36. The largest absolute Gasteiger partial charge is 0.379 e. The number of imidazole rings is 1. The average molecular weight is 234 g/mol. The lowest BCUT2D eigenvalue weighted by atomic mass is 10.2. The zero-order chi connectivity index (χ0) is 11.7. The molecule has 17 heavy (non-hydrogen) atoms. The molecule has 3 heterocycles. The molecule has 7 nitrogen and oxygen atoms in total. The molecule has 1 saturated heterocycles. The van der Waals surface area contributed by atoms with E-state index in [-0.39, 0.29) is 6.04 Å². The topological polar surface area (TPSA) is 89.5 Å². The van der Waals surface area contributed by atoms with Crippen molar-refractivity contribution >= 4 is 17.3 Å². The number of fused-ring (bicyclic) bond motifs is 1. The van der Waals surface area contributed by atoms with Crippen LogP contribution in [-0.2, 0) is 4.74 Å². The first-order valence-corrected chi connectivity index (χ1v) is 5.51. The zero-order valence-electron chi connectivity index (χ0n) is 9.26. The van der Waals surface area contributed by atoms with E-state index in [1.54, 1.807) is 12.4 Å². The van der Waals surface area contributed by atoms with E-state index in [4.69, 9.17) is 10.6 Å². The summed E-state index contributed by atoms with van der Waals surface area (Å²) in [4.78, 5) is 8.63. The number of nitrogens with two attached hydrogens (primary N) is 1. The van der Waals surface area contributed by atoms with Crippen LogP contribution in [0.2, 0.25) is 0 Å². The normalized spacial score (nSPS) is 19.7. The van der Waals surface area contributed by atoms with E-state index >= 15 is 0 Å². The van der Waals surface area contributed by atoms with Gasteiger partial charge in [0.05, 0.1) is 18.8 Å². The summed E-state index contributed by atoms with van der Waals surface area (Å²) in [6, 6.07) is 0.288. The molecule has 1 unspecified atom stereocenters. The molecule has 0 bridgehead atoms. The molecule has 2 aromatic heterocycles. The maximum absolute atomic E-state index is 5.39. The third-order valence-electron chi connectivity index (χ3n) is 2.79. The molecule has 1 aliphatic heterocycles.